The van der Waals surface area contributed by atoms with Crippen LogP contribution in [0.1, 0.15) is 22.8 Å². The van der Waals surface area contributed by atoms with Crippen LogP contribution >= 0.6 is 11.6 Å². The van der Waals surface area contributed by atoms with Crippen LogP contribution in [-0.4, -0.2) is 5.78 Å². The number of ketones is 1. The largest absolute Gasteiger partial charge is 0.294 e. The molecule has 0 N–H and O–H groups in total. The van der Waals surface area contributed by atoms with Crippen LogP contribution in [0.4, 0.5) is 4.39 Å². The zero-order valence-electron chi connectivity index (χ0n) is 6.77. The van der Waals surface area contributed by atoms with Gasteiger partial charge in [0.1, 0.15) is 11.9 Å². The third kappa shape index (κ3) is 1.85. The highest BCUT2D eigenvalue weighted by molar-refractivity contribution is 6.34. The first-order valence-electron chi connectivity index (χ1n) is 3.46. The Morgan fingerprint density at radius 3 is 2.69 bits per heavy atom. The molecule has 0 aliphatic heterocycles. The maximum absolute atomic E-state index is 12.7. The standard InChI is InChI=1S/C9H5ClFNO/c1-5(13)9-6(4-12)2-7(11)3-8(9)10/h2-3H,1H3. The van der Waals surface area contributed by atoms with Gasteiger partial charge in [0, 0.05) is 0 Å². The number of rotatable bonds is 1. The van der Waals surface area contributed by atoms with E-state index >= 15 is 0 Å². The smallest absolute Gasteiger partial charge is 0.162 e. The molecule has 0 atom stereocenters. The maximum atomic E-state index is 12.7. The summed E-state index contributed by atoms with van der Waals surface area (Å²) in [4.78, 5) is 11.0. The number of Topliss-reactive ketones (excluding diaryl/α,β-unsaturated/α-hetero) is 1. The lowest BCUT2D eigenvalue weighted by Gasteiger charge is -2.01. The molecular weight excluding hydrogens is 193 g/mol. The van der Waals surface area contributed by atoms with E-state index in [-0.39, 0.29) is 21.9 Å². The van der Waals surface area contributed by atoms with E-state index in [1.54, 1.807) is 6.07 Å². The van der Waals surface area contributed by atoms with Gasteiger partial charge in [0.05, 0.1) is 16.1 Å². The van der Waals surface area contributed by atoms with E-state index in [1.165, 1.54) is 6.92 Å². The predicted octanol–water partition coefficient (Wildman–Crippen LogP) is 2.55. The Morgan fingerprint density at radius 1 is 1.62 bits per heavy atom. The monoisotopic (exact) mass is 197 g/mol. The highest BCUT2D eigenvalue weighted by Gasteiger charge is 2.13. The second kappa shape index (κ2) is 3.55. The average molecular weight is 198 g/mol. The average Bonchev–Trinajstić information content (AvgIpc) is 2.01. The number of hydrogen-bond donors (Lipinski definition) is 0. The molecule has 0 aliphatic carbocycles. The first kappa shape index (κ1) is 9.69. The number of benzene rings is 1. The Kier molecular flexibility index (Phi) is 2.64. The summed E-state index contributed by atoms with van der Waals surface area (Å²) in [6.45, 7) is 1.28. The Labute approximate surface area is 79.5 Å². The van der Waals surface area contributed by atoms with Gasteiger partial charge in [-0.3, -0.25) is 4.79 Å². The number of nitriles is 1. The summed E-state index contributed by atoms with van der Waals surface area (Å²) in [5.74, 6) is -0.965. The Hall–Kier alpha value is -1.40. The summed E-state index contributed by atoms with van der Waals surface area (Å²) in [5, 5.41) is 8.56. The molecule has 0 saturated carbocycles. The van der Waals surface area contributed by atoms with E-state index in [4.69, 9.17) is 16.9 Å². The Bertz CT molecular complexity index is 409. The lowest BCUT2D eigenvalue weighted by atomic mass is 10.1. The number of nitrogens with zero attached hydrogens (tertiary/aromatic N) is 1. The van der Waals surface area contributed by atoms with Gasteiger partial charge in [-0.1, -0.05) is 11.6 Å². The molecule has 66 valence electrons. The maximum Gasteiger partial charge on any atom is 0.162 e. The van der Waals surface area contributed by atoms with Crippen molar-refractivity contribution in [3.8, 4) is 6.07 Å². The Morgan fingerprint density at radius 2 is 2.23 bits per heavy atom. The van der Waals surface area contributed by atoms with Gasteiger partial charge in [-0.25, -0.2) is 4.39 Å². The zero-order valence-corrected chi connectivity index (χ0v) is 7.52. The van der Waals surface area contributed by atoms with Crippen LogP contribution in [0, 0.1) is 17.1 Å². The zero-order chi connectivity index (χ0) is 10.0. The molecule has 1 aromatic rings. The Balaban J connectivity index is 3.50. The van der Waals surface area contributed by atoms with Crippen molar-refractivity contribution < 1.29 is 9.18 Å². The van der Waals surface area contributed by atoms with Crippen LogP contribution < -0.4 is 0 Å². The van der Waals surface area contributed by atoms with Gasteiger partial charge in [0.2, 0.25) is 0 Å². The molecule has 0 fully saturated rings. The lowest BCUT2D eigenvalue weighted by Crippen LogP contribution is -1.99. The van der Waals surface area contributed by atoms with Gasteiger partial charge in [-0.15, -0.1) is 0 Å². The van der Waals surface area contributed by atoms with Crippen molar-refractivity contribution in [2.24, 2.45) is 0 Å². The van der Waals surface area contributed by atoms with Crippen molar-refractivity contribution in [3.05, 3.63) is 34.1 Å². The molecule has 0 spiro atoms. The van der Waals surface area contributed by atoms with E-state index in [9.17, 15) is 9.18 Å². The molecule has 0 unspecified atom stereocenters. The fraction of sp³-hybridized carbons (Fsp3) is 0.111. The van der Waals surface area contributed by atoms with Crippen LogP contribution in [0.2, 0.25) is 5.02 Å². The first-order chi connectivity index (χ1) is 6.06. The fourth-order valence-corrected chi connectivity index (χ4v) is 1.36. The molecule has 1 aromatic carbocycles. The molecule has 2 nitrogen and oxygen atoms in total. The van der Waals surface area contributed by atoms with Crippen LogP contribution in [0.15, 0.2) is 12.1 Å². The van der Waals surface area contributed by atoms with Crippen molar-refractivity contribution in [3.63, 3.8) is 0 Å². The van der Waals surface area contributed by atoms with Gasteiger partial charge in [0.15, 0.2) is 5.78 Å². The molecule has 13 heavy (non-hydrogen) atoms. The summed E-state index contributed by atoms with van der Waals surface area (Å²) in [5.41, 5.74) is 0.0445. The van der Waals surface area contributed by atoms with Crippen molar-refractivity contribution in [2.75, 3.05) is 0 Å². The molecule has 0 saturated heterocycles. The molecule has 0 amide bonds. The van der Waals surface area contributed by atoms with E-state index in [0.29, 0.717) is 0 Å². The topological polar surface area (TPSA) is 40.9 Å². The SMILES string of the molecule is CC(=O)c1c(Cl)cc(F)cc1C#N. The quantitative estimate of drug-likeness (QED) is 0.650. The van der Waals surface area contributed by atoms with Crippen LogP contribution in [0.3, 0.4) is 0 Å². The van der Waals surface area contributed by atoms with Crippen LogP contribution in [-0.2, 0) is 0 Å². The van der Waals surface area contributed by atoms with E-state index in [2.05, 4.69) is 0 Å². The third-order valence-electron chi connectivity index (χ3n) is 1.53. The number of halogens is 2. The van der Waals surface area contributed by atoms with E-state index in [0.717, 1.165) is 12.1 Å². The summed E-state index contributed by atoms with van der Waals surface area (Å²) >= 11 is 5.60. The van der Waals surface area contributed by atoms with Gasteiger partial charge in [0.25, 0.3) is 0 Å². The normalized spacial score (nSPS) is 9.38. The fourth-order valence-electron chi connectivity index (χ4n) is 1.02. The van der Waals surface area contributed by atoms with Crippen molar-refractivity contribution in [1.82, 2.24) is 0 Å². The number of hydrogen-bond acceptors (Lipinski definition) is 2. The molecule has 0 bridgehead atoms. The third-order valence-corrected chi connectivity index (χ3v) is 1.83. The summed E-state index contributed by atoms with van der Waals surface area (Å²) in [6.07, 6.45) is 0. The number of carbonyl (C=O) groups is 1. The van der Waals surface area contributed by atoms with Gasteiger partial charge in [-0.05, 0) is 19.1 Å². The molecule has 4 heteroatoms. The summed E-state index contributed by atoms with van der Waals surface area (Å²) in [7, 11) is 0. The van der Waals surface area contributed by atoms with Gasteiger partial charge in [-0.2, -0.15) is 5.26 Å². The van der Waals surface area contributed by atoms with Crippen molar-refractivity contribution in [2.45, 2.75) is 6.92 Å². The van der Waals surface area contributed by atoms with Gasteiger partial charge >= 0.3 is 0 Å². The highest BCUT2D eigenvalue weighted by atomic mass is 35.5. The predicted molar refractivity (Wildman–Crippen MR) is 46.1 cm³/mol. The molecule has 0 aromatic heterocycles. The molecule has 0 aliphatic rings. The highest BCUT2D eigenvalue weighted by Crippen LogP contribution is 2.21. The minimum absolute atomic E-state index is 0.0240. The van der Waals surface area contributed by atoms with Crippen molar-refractivity contribution >= 4 is 17.4 Å². The second-order valence-corrected chi connectivity index (χ2v) is 2.89. The molecular formula is C9H5ClFNO. The minimum Gasteiger partial charge on any atom is -0.294 e. The summed E-state index contributed by atoms with van der Waals surface area (Å²) in [6, 6.07) is 3.72. The van der Waals surface area contributed by atoms with Gasteiger partial charge < -0.3 is 0 Å². The van der Waals surface area contributed by atoms with Crippen LogP contribution in [0.5, 0.6) is 0 Å². The first-order valence-corrected chi connectivity index (χ1v) is 3.84. The number of carbonyl (C=O) groups excluding carboxylic acids is 1. The second-order valence-electron chi connectivity index (χ2n) is 2.48. The van der Waals surface area contributed by atoms with Crippen molar-refractivity contribution in [1.29, 1.82) is 5.26 Å². The van der Waals surface area contributed by atoms with Crippen LogP contribution in [0.25, 0.3) is 0 Å². The minimum atomic E-state index is -0.619. The molecule has 1 rings (SSSR count). The molecule has 0 heterocycles. The van der Waals surface area contributed by atoms with E-state index in [1.807, 2.05) is 0 Å². The molecule has 0 radical (unpaired) electrons. The summed E-state index contributed by atoms with van der Waals surface area (Å²) < 4.78 is 12.7. The van der Waals surface area contributed by atoms with E-state index < -0.39 is 5.82 Å². The lowest BCUT2D eigenvalue weighted by molar-refractivity contribution is 0.101.